The van der Waals surface area contributed by atoms with E-state index in [9.17, 15) is 9.59 Å². The van der Waals surface area contributed by atoms with Gasteiger partial charge in [-0.3, -0.25) is 4.79 Å². The molecule has 0 radical (unpaired) electrons. The monoisotopic (exact) mass is 213 g/mol. The van der Waals surface area contributed by atoms with Gasteiger partial charge in [-0.2, -0.15) is 0 Å². The molecule has 1 rings (SSSR count). The summed E-state index contributed by atoms with van der Waals surface area (Å²) in [5.74, 6) is 0.135. The lowest BCUT2D eigenvalue weighted by atomic mass is 10.0. The molecule has 0 aromatic rings. The number of ketones is 1. The van der Waals surface area contributed by atoms with Gasteiger partial charge in [0.15, 0.2) is 0 Å². The summed E-state index contributed by atoms with van der Waals surface area (Å²) in [7, 11) is 1.39. The second kappa shape index (κ2) is 5.73. The van der Waals surface area contributed by atoms with Crippen LogP contribution in [0.4, 0.5) is 4.79 Å². The quantitative estimate of drug-likeness (QED) is 0.704. The number of amides is 1. The molecule has 1 heterocycles. The molecule has 0 aromatic heterocycles. The maximum absolute atomic E-state index is 11.5. The van der Waals surface area contributed by atoms with Gasteiger partial charge in [-0.25, -0.2) is 4.79 Å². The molecule has 0 spiro atoms. The van der Waals surface area contributed by atoms with Crippen molar-refractivity contribution in [3.8, 4) is 0 Å². The van der Waals surface area contributed by atoms with Crippen molar-refractivity contribution >= 4 is 11.9 Å². The molecule has 1 aliphatic rings. The van der Waals surface area contributed by atoms with Gasteiger partial charge >= 0.3 is 6.09 Å². The molecule has 0 aromatic carbocycles. The highest BCUT2D eigenvalue weighted by Gasteiger charge is 2.26. The minimum absolute atomic E-state index is 0.0393. The van der Waals surface area contributed by atoms with E-state index in [1.165, 1.54) is 7.11 Å². The summed E-state index contributed by atoms with van der Waals surface area (Å²) in [5, 5.41) is 0. The number of hydrogen-bond donors (Lipinski definition) is 0. The molecule has 1 saturated heterocycles. The fraction of sp³-hybridized carbons (Fsp3) is 0.818. The predicted molar refractivity (Wildman–Crippen MR) is 56.7 cm³/mol. The molecule has 0 aliphatic carbocycles. The van der Waals surface area contributed by atoms with Crippen LogP contribution in [0.2, 0.25) is 0 Å². The maximum atomic E-state index is 11.5. The normalized spacial score (nSPS) is 22.0. The predicted octanol–water partition coefficient (Wildman–Crippen LogP) is 1.98. The van der Waals surface area contributed by atoms with E-state index in [-0.39, 0.29) is 17.9 Å². The fourth-order valence-electron chi connectivity index (χ4n) is 2.08. The molecule has 4 nitrogen and oxygen atoms in total. The first-order valence-corrected chi connectivity index (χ1v) is 5.49. The molecule has 0 saturated carbocycles. The summed E-state index contributed by atoms with van der Waals surface area (Å²) in [6.45, 7) is 2.28. The lowest BCUT2D eigenvalue weighted by Crippen LogP contribution is -2.40. The zero-order valence-corrected chi connectivity index (χ0v) is 9.49. The highest BCUT2D eigenvalue weighted by Crippen LogP contribution is 2.20. The summed E-state index contributed by atoms with van der Waals surface area (Å²) < 4.78 is 4.73. The third-order valence-electron chi connectivity index (χ3n) is 2.81. The number of ether oxygens (including phenoxy) is 1. The molecular formula is C11H19NO3. The number of nitrogens with zero attached hydrogens (tertiary/aromatic N) is 1. The highest BCUT2D eigenvalue weighted by atomic mass is 16.5. The topological polar surface area (TPSA) is 46.6 Å². The highest BCUT2D eigenvalue weighted by molar-refractivity contribution is 5.77. The number of carbonyl (C=O) groups is 2. The fourth-order valence-corrected chi connectivity index (χ4v) is 2.08. The number of rotatable bonds is 2. The lowest BCUT2D eigenvalue weighted by molar-refractivity contribution is -0.118. The summed E-state index contributed by atoms with van der Waals surface area (Å²) in [5.41, 5.74) is 0. The van der Waals surface area contributed by atoms with Crippen LogP contribution < -0.4 is 0 Å². The van der Waals surface area contributed by atoms with E-state index in [0.29, 0.717) is 13.0 Å². The van der Waals surface area contributed by atoms with Crippen LogP contribution in [0.5, 0.6) is 0 Å². The third-order valence-corrected chi connectivity index (χ3v) is 2.81. The van der Waals surface area contributed by atoms with E-state index in [0.717, 1.165) is 25.7 Å². The summed E-state index contributed by atoms with van der Waals surface area (Å²) in [6, 6.07) is 0.0393. The van der Waals surface area contributed by atoms with Crippen LogP contribution in [-0.4, -0.2) is 36.5 Å². The van der Waals surface area contributed by atoms with Crippen molar-refractivity contribution in [2.75, 3.05) is 13.7 Å². The Labute approximate surface area is 90.6 Å². The Kier molecular flexibility index (Phi) is 4.59. The first kappa shape index (κ1) is 12.0. The number of likely N-dealkylation sites (tertiary alicyclic amines) is 1. The van der Waals surface area contributed by atoms with E-state index in [1.54, 1.807) is 11.8 Å². The van der Waals surface area contributed by atoms with Crippen molar-refractivity contribution in [3.05, 3.63) is 0 Å². The maximum Gasteiger partial charge on any atom is 0.409 e. The van der Waals surface area contributed by atoms with Gasteiger partial charge in [0.25, 0.3) is 0 Å². The number of hydrogen-bond acceptors (Lipinski definition) is 3. The van der Waals surface area contributed by atoms with Crippen LogP contribution >= 0.6 is 0 Å². The van der Waals surface area contributed by atoms with Gasteiger partial charge < -0.3 is 9.64 Å². The second-order valence-corrected chi connectivity index (χ2v) is 4.07. The Morgan fingerprint density at radius 2 is 2.07 bits per heavy atom. The van der Waals surface area contributed by atoms with E-state index >= 15 is 0 Å². The minimum Gasteiger partial charge on any atom is -0.453 e. The van der Waals surface area contributed by atoms with Crippen LogP contribution in [0, 0.1) is 0 Å². The van der Waals surface area contributed by atoms with Crippen LogP contribution in [-0.2, 0) is 9.53 Å². The van der Waals surface area contributed by atoms with Gasteiger partial charge in [0.2, 0.25) is 0 Å². The molecule has 0 N–H and O–H groups in total. The first-order valence-electron chi connectivity index (χ1n) is 5.49. The van der Waals surface area contributed by atoms with Gasteiger partial charge in [-0.05, 0) is 19.8 Å². The van der Waals surface area contributed by atoms with Crippen LogP contribution in [0.3, 0.4) is 0 Å². The van der Waals surface area contributed by atoms with Crippen LogP contribution in [0.1, 0.15) is 39.0 Å². The molecule has 0 bridgehead atoms. The SMILES string of the molecule is COC(=O)N1CCCCCC1CC(C)=O. The Morgan fingerprint density at radius 1 is 1.33 bits per heavy atom. The second-order valence-electron chi connectivity index (χ2n) is 4.07. The van der Waals surface area contributed by atoms with Gasteiger partial charge in [0.1, 0.15) is 5.78 Å². The van der Waals surface area contributed by atoms with E-state index in [4.69, 9.17) is 4.74 Å². The molecule has 1 fully saturated rings. The molecule has 1 atom stereocenters. The van der Waals surface area contributed by atoms with Gasteiger partial charge in [0.05, 0.1) is 7.11 Å². The van der Waals surface area contributed by atoms with Gasteiger partial charge in [0, 0.05) is 19.0 Å². The van der Waals surface area contributed by atoms with Crippen molar-refractivity contribution in [1.82, 2.24) is 4.90 Å². The third kappa shape index (κ3) is 3.53. The molecule has 1 unspecified atom stereocenters. The Morgan fingerprint density at radius 3 is 2.67 bits per heavy atom. The van der Waals surface area contributed by atoms with Gasteiger partial charge in [-0.1, -0.05) is 12.8 Å². The first-order chi connectivity index (χ1) is 7.15. The number of Topliss-reactive ketones (excluding diaryl/α,β-unsaturated/α-hetero) is 1. The average Bonchev–Trinajstić information content (AvgIpc) is 2.41. The Balaban J connectivity index is 2.66. The van der Waals surface area contributed by atoms with Crippen molar-refractivity contribution in [1.29, 1.82) is 0 Å². The Hall–Kier alpha value is -1.06. The zero-order chi connectivity index (χ0) is 11.3. The summed E-state index contributed by atoms with van der Waals surface area (Å²) in [4.78, 5) is 24.3. The zero-order valence-electron chi connectivity index (χ0n) is 9.49. The van der Waals surface area contributed by atoms with Crippen molar-refractivity contribution in [2.45, 2.75) is 45.1 Å². The molecule has 1 amide bonds. The average molecular weight is 213 g/mol. The largest absolute Gasteiger partial charge is 0.453 e. The van der Waals surface area contributed by atoms with Crippen molar-refractivity contribution < 1.29 is 14.3 Å². The molecular weight excluding hydrogens is 194 g/mol. The lowest BCUT2D eigenvalue weighted by Gasteiger charge is -2.27. The van der Waals surface area contributed by atoms with E-state index in [1.807, 2.05) is 0 Å². The standard InChI is InChI=1S/C11H19NO3/c1-9(13)8-10-6-4-3-5-7-12(10)11(14)15-2/h10H,3-8H2,1-2H3. The summed E-state index contributed by atoms with van der Waals surface area (Å²) in [6.07, 6.45) is 4.28. The summed E-state index contributed by atoms with van der Waals surface area (Å²) >= 11 is 0. The smallest absolute Gasteiger partial charge is 0.409 e. The number of methoxy groups -OCH3 is 1. The van der Waals surface area contributed by atoms with Crippen LogP contribution in [0.15, 0.2) is 0 Å². The molecule has 4 heteroatoms. The van der Waals surface area contributed by atoms with Gasteiger partial charge in [-0.15, -0.1) is 0 Å². The minimum atomic E-state index is -0.303. The van der Waals surface area contributed by atoms with Crippen molar-refractivity contribution in [2.24, 2.45) is 0 Å². The van der Waals surface area contributed by atoms with Crippen molar-refractivity contribution in [3.63, 3.8) is 0 Å². The molecule has 1 aliphatic heterocycles. The van der Waals surface area contributed by atoms with E-state index < -0.39 is 0 Å². The number of carbonyl (C=O) groups excluding carboxylic acids is 2. The van der Waals surface area contributed by atoms with E-state index in [2.05, 4.69) is 0 Å². The molecule has 86 valence electrons. The molecule has 15 heavy (non-hydrogen) atoms. The Bertz CT molecular complexity index is 240. The van der Waals surface area contributed by atoms with Crippen LogP contribution in [0.25, 0.3) is 0 Å².